The number of carbonyl (C=O) groups excluding carboxylic acids is 2. The van der Waals surface area contributed by atoms with E-state index in [9.17, 15) is 9.59 Å². The number of methoxy groups -OCH3 is 4. The molecule has 8 heteroatoms. The summed E-state index contributed by atoms with van der Waals surface area (Å²) in [4.78, 5) is 24.4. The van der Waals surface area contributed by atoms with E-state index >= 15 is 0 Å². The highest BCUT2D eigenvalue weighted by atomic mass is 16.5. The van der Waals surface area contributed by atoms with Gasteiger partial charge in [0.25, 0.3) is 11.8 Å². The van der Waals surface area contributed by atoms with Crippen molar-refractivity contribution in [1.82, 2.24) is 5.32 Å². The third-order valence-corrected chi connectivity index (χ3v) is 3.87. The first-order chi connectivity index (χ1) is 13.0. The van der Waals surface area contributed by atoms with Crippen LogP contribution in [0.4, 0.5) is 5.69 Å². The maximum absolute atomic E-state index is 12.7. The maximum Gasteiger partial charge on any atom is 0.256 e. The predicted octanol–water partition coefficient (Wildman–Crippen LogP) is 2.33. The average molecular weight is 374 g/mol. The first-order valence-electron chi connectivity index (χ1n) is 8.00. The van der Waals surface area contributed by atoms with Crippen molar-refractivity contribution in [3.8, 4) is 23.0 Å². The Balaban J connectivity index is 2.36. The minimum absolute atomic E-state index is 0.254. The molecule has 0 aromatic heterocycles. The zero-order valence-electron chi connectivity index (χ0n) is 15.8. The molecule has 27 heavy (non-hydrogen) atoms. The summed E-state index contributed by atoms with van der Waals surface area (Å²) in [5, 5.41) is 5.29. The summed E-state index contributed by atoms with van der Waals surface area (Å²) in [6.07, 6.45) is 0. The van der Waals surface area contributed by atoms with E-state index in [-0.39, 0.29) is 5.91 Å². The lowest BCUT2D eigenvalue weighted by atomic mass is 10.1. The Labute approximate surface area is 157 Å². The van der Waals surface area contributed by atoms with Crippen molar-refractivity contribution >= 4 is 17.5 Å². The Bertz CT molecular complexity index is 825. The monoisotopic (exact) mass is 374 g/mol. The summed E-state index contributed by atoms with van der Waals surface area (Å²) < 4.78 is 21.1. The summed E-state index contributed by atoms with van der Waals surface area (Å²) >= 11 is 0. The van der Waals surface area contributed by atoms with Crippen LogP contribution in [0.1, 0.15) is 20.7 Å². The fourth-order valence-electron chi connectivity index (χ4n) is 2.49. The van der Waals surface area contributed by atoms with Crippen LogP contribution in [0, 0.1) is 0 Å². The third-order valence-electron chi connectivity index (χ3n) is 3.87. The van der Waals surface area contributed by atoms with Gasteiger partial charge in [-0.1, -0.05) is 0 Å². The number of carbonyl (C=O) groups is 2. The van der Waals surface area contributed by atoms with Gasteiger partial charge in [0.05, 0.1) is 34.1 Å². The maximum atomic E-state index is 12.7. The van der Waals surface area contributed by atoms with Gasteiger partial charge in [-0.15, -0.1) is 0 Å². The Hall–Kier alpha value is -3.42. The molecule has 0 aliphatic rings. The Morgan fingerprint density at radius 1 is 0.741 bits per heavy atom. The van der Waals surface area contributed by atoms with E-state index in [4.69, 9.17) is 18.9 Å². The van der Waals surface area contributed by atoms with Crippen LogP contribution in [0.5, 0.6) is 23.0 Å². The Morgan fingerprint density at radius 3 is 1.78 bits per heavy atom. The van der Waals surface area contributed by atoms with Crippen LogP contribution in [0.3, 0.4) is 0 Å². The average Bonchev–Trinajstić information content (AvgIpc) is 2.71. The number of rotatable bonds is 7. The second-order valence-corrected chi connectivity index (χ2v) is 5.36. The van der Waals surface area contributed by atoms with Gasteiger partial charge < -0.3 is 29.6 Å². The summed E-state index contributed by atoms with van der Waals surface area (Å²) in [6, 6.07) is 7.82. The van der Waals surface area contributed by atoms with Crippen LogP contribution in [0.25, 0.3) is 0 Å². The van der Waals surface area contributed by atoms with E-state index in [1.54, 1.807) is 30.3 Å². The Kier molecular flexibility index (Phi) is 6.48. The van der Waals surface area contributed by atoms with Crippen LogP contribution < -0.4 is 29.6 Å². The molecule has 2 amide bonds. The number of anilines is 1. The van der Waals surface area contributed by atoms with Gasteiger partial charge in [-0.3, -0.25) is 9.59 Å². The molecular formula is C19H22N2O6. The summed E-state index contributed by atoms with van der Waals surface area (Å²) in [5.74, 6) is 0.824. The van der Waals surface area contributed by atoms with Gasteiger partial charge in [0.1, 0.15) is 5.75 Å². The molecule has 8 nitrogen and oxygen atoms in total. The van der Waals surface area contributed by atoms with Crippen molar-refractivity contribution in [1.29, 1.82) is 0 Å². The molecule has 144 valence electrons. The normalized spacial score (nSPS) is 9.96. The second kappa shape index (κ2) is 8.79. The molecule has 0 heterocycles. The SMILES string of the molecule is CNC(=O)c1ccc(NC(=O)c2cc(OC)c(OC)c(OC)c2)c(OC)c1. The molecule has 0 aliphatic heterocycles. The van der Waals surface area contributed by atoms with E-state index in [1.165, 1.54) is 35.5 Å². The molecule has 0 saturated heterocycles. The molecule has 0 aliphatic carbocycles. The first kappa shape index (κ1) is 19.9. The first-order valence-corrected chi connectivity index (χ1v) is 8.00. The fraction of sp³-hybridized carbons (Fsp3) is 0.263. The van der Waals surface area contributed by atoms with Crippen LogP contribution in [-0.4, -0.2) is 47.3 Å². The fourth-order valence-corrected chi connectivity index (χ4v) is 2.49. The van der Waals surface area contributed by atoms with Crippen LogP contribution >= 0.6 is 0 Å². The van der Waals surface area contributed by atoms with Crippen LogP contribution in [-0.2, 0) is 0 Å². The van der Waals surface area contributed by atoms with Gasteiger partial charge in [0, 0.05) is 18.2 Å². The Morgan fingerprint density at radius 2 is 1.30 bits per heavy atom. The molecule has 0 bridgehead atoms. The van der Waals surface area contributed by atoms with Crippen LogP contribution in [0.15, 0.2) is 30.3 Å². The standard InChI is InChI=1S/C19H22N2O6/c1-20-18(22)11-6-7-13(14(8-11)24-2)21-19(23)12-9-15(25-3)17(27-5)16(10-12)26-4/h6-10H,1-5H3,(H,20,22)(H,21,23). The van der Waals surface area contributed by atoms with E-state index in [0.29, 0.717) is 39.8 Å². The highest BCUT2D eigenvalue weighted by Gasteiger charge is 2.18. The highest BCUT2D eigenvalue weighted by Crippen LogP contribution is 2.38. The van der Waals surface area contributed by atoms with E-state index in [2.05, 4.69) is 10.6 Å². The number of hydrogen-bond donors (Lipinski definition) is 2. The van der Waals surface area contributed by atoms with Gasteiger partial charge in [-0.2, -0.15) is 0 Å². The lowest BCUT2D eigenvalue weighted by Gasteiger charge is -2.15. The molecule has 0 fully saturated rings. The lowest BCUT2D eigenvalue weighted by Crippen LogP contribution is -2.18. The predicted molar refractivity (Wildman–Crippen MR) is 100 cm³/mol. The van der Waals surface area contributed by atoms with E-state index < -0.39 is 5.91 Å². The molecule has 0 atom stereocenters. The minimum atomic E-state index is -0.403. The molecule has 2 rings (SSSR count). The second-order valence-electron chi connectivity index (χ2n) is 5.36. The highest BCUT2D eigenvalue weighted by molar-refractivity contribution is 6.06. The molecular weight excluding hydrogens is 352 g/mol. The number of amides is 2. The largest absolute Gasteiger partial charge is 0.495 e. The quantitative estimate of drug-likeness (QED) is 0.772. The number of ether oxygens (including phenoxy) is 4. The van der Waals surface area contributed by atoms with Crippen molar-refractivity contribution in [2.24, 2.45) is 0 Å². The van der Waals surface area contributed by atoms with Gasteiger partial charge in [0.2, 0.25) is 5.75 Å². The van der Waals surface area contributed by atoms with Gasteiger partial charge in [-0.25, -0.2) is 0 Å². The van der Waals surface area contributed by atoms with E-state index in [0.717, 1.165) is 0 Å². The van der Waals surface area contributed by atoms with Gasteiger partial charge in [0.15, 0.2) is 11.5 Å². The summed E-state index contributed by atoms with van der Waals surface area (Å²) in [5.41, 5.74) is 1.14. The van der Waals surface area contributed by atoms with Crippen LogP contribution in [0.2, 0.25) is 0 Å². The molecule has 0 unspecified atom stereocenters. The smallest absolute Gasteiger partial charge is 0.256 e. The molecule has 0 radical (unpaired) electrons. The minimum Gasteiger partial charge on any atom is -0.495 e. The van der Waals surface area contributed by atoms with E-state index in [1.807, 2.05) is 0 Å². The van der Waals surface area contributed by atoms with Gasteiger partial charge in [-0.05, 0) is 30.3 Å². The van der Waals surface area contributed by atoms with Crippen molar-refractivity contribution in [2.75, 3.05) is 40.8 Å². The molecule has 0 saturated carbocycles. The molecule has 0 spiro atoms. The number of nitrogens with one attached hydrogen (secondary N) is 2. The molecule has 2 aromatic rings. The number of hydrogen-bond acceptors (Lipinski definition) is 6. The summed E-state index contributed by atoms with van der Waals surface area (Å²) in [7, 11) is 7.42. The van der Waals surface area contributed by atoms with Crippen molar-refractivity contribution in [2.45, 2.75) is 0 Å². The van der Waals surface area contributed by atoms with Gasteiger partial charge >= 0.3 is 0 Å². The van der Waals surface area contributed by atoms with Crippen molar-refractivity contribution < 1.29 is 28.5 Å². The zero-order valence-corrected chi connectivity index (χ0v) is 15.8. The summed E-state index contributed by atoms with van der Waals surface area (Å²) in [6.45, 7) is 0. The number of benzene rings is 2. The topological polar surface area (TPSA) is 95.1 Å². The van der Waals surface area contributed by atoms with Crippen molar-refractivity contribution in [3.63, 3.8) is 0 Å². The zero-order chi connectivity index (χ0) is 20.0. The molecule has 2 aromatic carbocycles. The third kappa shape index (κ3) is 4.22. The molecule has 2 N–H and O–H groups in total. The van der Waals surface area contributed by atoms with Crippen molar-refractivity contribution in [3.05, 3.63) is 41.5 Å². The lowest BCUT2D eigenvalue weighted by molar-refractivity contribution is 0.0962.